The first-order valence-electron chi connectivity index (χ1n) is 7.01. The third-order valence-electron chi connectivity index (χ3n) is 4.48. The smallest absolute Gasteiger partial charge is 0.256 e. The number of hydrogen-bond donors (Lipinski definition) is 1. The Morgan fingerprint density at radius 1 is 1.19 bits per heavy atom. The second-order valence-electron chi connectivity index (χ2n) is 5.84. The summed E-state index contributed by atoms with van der Waals surface area (Å²) in [5.41, 5.74) is 0.399. The molecule has 112 valence electrons. The number of carbonyl (C=O) groups is 2. The van der Waals surface area contributed by atoms with Crippen molar-refractivity contribution in [3.63, 3.8) is 0 Å². The van der Waals surface area contributed by atoms with Gasteiger partial charge >= 0.3 is 0 Å². The number of nitrogens with one attached hydrogen (secondary N) is 1. The standard InChI is InChI=1S/C15H16Cl2N2O2/c16-10-2-1-3-11(17)13(10)14(21)19-6-4-15(5-7-19)8-12(20)18-9-15/h1-3H,4-9H2,(H,18,20). The molecule has 2 amide bonds. The van der Waals surface area contributed by atoms with Gasteiger partial charge in [0.2, 0.25) is 5.91 Å². The van der Waals surface area contributed by atoms with Crippen molar-refractivity contribution < 1.29 is 9.59 Å². The number of rotatable bonds is 1. The Bertz CT molecular complexity index is 575. The van der Waals surface area contributed by atoms with Gasteiger partial charge in [-0.3, -0.25) is 9.59 Å². The number of amides is 2. The number of hydrogen-bond acceptors (Lipinski definition) is 2. The van der Waals surface area contributed by atoms with E-state index in [1.54, 1.807) is 23.1 Å². The van der Waals surface area contributed by atoms with Crippen LogP contribution in [0.4, 0.5) is 0 Å². The lowest BCUT2D eigenvalue weighted by molar-refractivity contribution is -0.119. The van der Waals surface area contributed by atoms with Crippen LogP contribution in [-0.4, -0.2) is 36.3 Å². The van der Waals surface area contributed by atoms with Crippen molar-refractivity contribution in [3.05, 3.63) is 33.8 Å². The second-order valence-corrected chi connectivity index (χ2v) is 6.66. The predicted molar refractivity (Wildman–Crippen MR) is 81.7 cm³/mol. The molecule has 0 saturated carbocycles. The first-order chi connectivity index (χ1) is 10.0. The minimum atomic E-state index is -0.127. The minimum absolute atomic E-state index is 0.0259. The number of halogens is 2. The molecule has 3 rings (SSSR count). The fraction of sp³-hybridized carbons (Fsp3) is 0.467. The van der Waals surface area contributed by atoms with Gasteiger partial charge in [-0.25, -0.2) is 0 Å². The molecule has 2 heterocycles. The average molecular weight is 327 g/mol. The normalized spacial score (nSPS) is 20.7. The first kappa shape index (κ1) is 14.7. The van der Waals surface area contributed by atoms with E-state index in [1.165, 1.54) is 0 Å². The van der Waals surface area contributed by atoms with Gasteiger partial charge in [0.25, 0.3) is 5.91 Å². The molecule has 0 aromatic heterocycles. The second kappa shape index (κ2) is 5.50. The SMILES string of the molecule is O=C1CC2(CCN(C(=O)c3c(Cl)cccc3Cl)CC2)CN1. The van der Waals surface area contributed by atoms with Crippen LogP contribution < -0.4 is 5.32 Å². The molecule has 1 aromatic rings. The monoisotopic (exact) mass is 326 g/mol. The zero-order chi connectivity index (χ0) is 15.0. The fourth-order valence-electron chi connectivity index (χ4n) is 3.15. The summed E-state index contributed by atoms with van der Waals surface area (Å²) in [5, 5.41) is 3.65. The number of nitrogens with zero attached hydrogens (tertiary/aromatic N) is 1. The van der Waals surface area contributed by atoms with Crippen LogP contribution in [0.15, 0.2) is 18.2 Å². The van der Waals surface area contributed by atoms with Crippen molar-refractivity contribution >= 4 is 35.0 Å². The van der Waals surface area contributed by atoms with E-state index in [2.05, 4.69) is 5.32 Å². The third-order valence-corrected chi connectivity index (χ3v) is 5.11. The Morgan fingerprint density at radius 2 is 1.81 bits per heavy atom. The Labute approximate surface area is 133 Å². The molecular weight excluding hydrogens is 311 g/mol. The van der Waals surface area contributed by atoms with Crippen LogP contribution in [0.25, 0.3) is 0 Å². The zero-order valence-electron chi connectivity index (χ0n) is 11.5. The average Bonchev–Trinajstić information content (AvgIpc) is 2.80. The summed E-state index contributed by atoms with van der Waals surface area (Å²) in [6.07, 6.45) is 2.24. The van der Waals surface area contributed by atoms with Crippen molar-refractivity contribution in [1.29, 1.82) is 0 Å². The van der Waals surface area contributed by atoms with E-state index < -0.39 is 0 Å². The van der Waals surface area contributed by atoms with E-state index in [9.17, 15) is 9.59 Å². The van der Waals surface area contributed by atoms with Gasteiger partial charge in [-0.1, -0.05) is 29.3 Å². The molecule has 2 aliphatic rings. The highest BCUT2D eigenvalue weighted by molar-refractivity contribution is 6.39. The number of benzene rings is 1. The number of carbonyl (C=O) groups excluding carboxylic acids is 2. The highest BCUT2D eigenvalue weighted by Gasteiger charge is 2.42. The number of piperidine rings is 1. The van der Waals surface area contributed by atoms with Crippen molar-refractivity contribution in [3.8, 4) is 0 Å². The largest absolute Gasteiger partial charge is 0.356 e. The van der Waals surface area contributed by atoms with E-state index >= 15 is 0 Å². The lowest BCUT2D eigenvalue weighted by Gasteiger charge is -2.38. The maximum absolute atomic E-state index is 12.6. The molecule has 1 spiro atoms. The van der Waals surface area contributed by atoms with Gasteiger partial charge in [-0.2, -0.15) is 0 Å². The van der Waals surface area contributed by atoms with E-state index in [0.717, 1.165) is 19.4 Å². The molecule has 0 unspecified atom stereocenters. The fourth-order valence-corrected chi connectivity index (χ4v) is 3.71. The lowest BCUT2D eigenvalue weighted by Crippen LogP contribution is -2.44. The van der Waals surface area contributed by atoms with Gasteiger partial charge < -0.3 is 10.2 Å². The van der Waals surface area contributed by atoms with Crippen molar-refractivity contribution in [2.45, 2.75) is 19.3 Å². The van der Waals surface area contributed by atoms with Gasteiger partial charge in [0, 0.05) is 26.1 Å². The molecule has 0 atom stereocenters. The topological polar surface area (TPSA) is 49.4 Å². The van der Waals surface area contributed by atoms with Gasteiger partial charge in [-0.05, 0) is 30.4 Å². The van der Waals surface area contributed by atoms with Crippen LogP contribution in [0.2, 0.25) is 10.0 Å². The Kier molecular flexibility index (Phi) is 3.84. The summed E-state index contributed by atoms with van der Waals surface area (Å²) in [6, 6.07) is 5.07. The molecule has 0 aliphatic carbocycles. The maximum Gasteiger partial charge on any atom is 0.256 e. The molecule has 21 heavy (non-hydrogen) atoms. The minimum Gasteiger partial charge on any atom is -0.356 e. The van der Waals surface area contributed by atoms with Gasteiger partial charge in [0.1, 0.15) is 0 Å². The van der Waals surface area contributed by atoms with Gasteiger partial charge in [-0.15, -0.1) is 0 Å². The highest BCUT2D eigenvalue weighted by atomic mass is 35.5. The zero-order valence-corrected chi connectivity index (χ0v) is 13.0. The van der Waals surface area contributed by atoms with Crippen molar-refractivity contribution in [1.82, 2.24) is 10.2 Å². The van der Waals surface area contributed by atoms with Crippen LogP contribution >= 0.6 is 23.2 Å². The Hall–Kier alpha value is -1.26. The van der Waals surface area contributed by atoms with Gasteiger partial charge in [0.15, 0.2) is 0 Å². The molecule has 1 aromatic carbocycles. The van der Waals surface area contributed by atoms with Crippen molar-refractivity contribution in [2.75, 3.05) is 19.6 Å². The molecule has 2 fully saturated rings. The van der Waals surface area contributed by atoms with Crippen LogP contribution in [0.5, 0.6) is 0 Å². The van der Waals surface area contributed by atoms with Crippen molar-refractivity contribution in [2.24, 2.45) is 5.41 Å². The Morgan fingerprint density at radius 3 is 2.33 bits per heavy atom. The third kappa shape index (κ3) is 2.74. The van der Waals surface area contributed by atoms with Crippen LogP contribution in [0, 0.1) is 5.41 Å². The molecule has 0 bridgehead atoms. The van der Waals surface area contributed by atoms with E-state index in [4.69, 9.17) is 23.2 Å². The summed E-state index contributed by atoms with van der Waals surface area (Å²) in [7, 11) is 0. The van der Waals surface area contributed by atoms with Gasteiger partial charge in [0.05, 0.1) is 15.6 Å². The van der Waals surface area contributed by atoms with Crippen LogP contribution in [0.1, 0.15) is 29.6 Å². The molecule has 2 saturated heterocycles. The summed E-state index contributed by atoms with van der Waals surface area (Å²) in [5.74, 6) is -0.0124. The number of likely N-dealkylation sites (tertiary alicyclic amines) is 1. The molecular formula is C15H16Cl2N2O2. The van der Waals surface area contributed by atoms with Crippen LogP contribution in [0.3, 0.4) is 0 Å². The summed E-state index contributed by atoms with van der Waals surface area (Å²) >= 11 is 12.2. The highest BCUT2D eigenvalue weighted by Crippen LogP contribution is 2.38. The first-order valence-corrected chi connectivity index (χ1v) is 7.76. The van der Waals surface area contributed by atoms with Crippen LogP contribution in [-0.2, 0) is 4.79 Å². The lowest BCUT2D eigenvalue weighted by atomic mass is 9.77. The quantitative estimate of drug-likeness (QED) is 0.862. The Balaban J connectivity index is 1.72. The molecule has 6 heteroatoms. The summed E-state index contributed by atoms with van der Waals surface area (Å²) in [4.78, 5) is 25.8. The predicted octanol–water partition coefficient (Wildman–Crippen LogP) is 2.74. The maximum atomic E-state index is 12.6. The molecule has 2 aliphatic heterocycles. The molecule has 1 N–H and O–H groups in total. The molecule has 0 radical (unpaired) electrons. The summed E-state index contributed by atoms with van der Waals surface area (Å²) < 4.78 is 0. The van der Waals surface area contributed by atoms with E-state index in [-0.39, 0.29) is 17.2 Å². The molecule has 4 nitrogen and oxygen atoms in total. The summed E-state index contributed by atoms with van der Waals surface area (Å²) in [6.45, 7) is 1.99. The van der Waals surface area contributed by atoms with E-state index in [1.807, 2.05) is 0 Å². The van der Waals surface area contributed by atoms with E-state index in [0.29, 0.717) is 35.1 Å².